The van der Waals surface area contributed by atoms with Gasteiger partial charge in [-0.2, -0.15) is 0 Å². The highest BCUT2D eigenvalue weighted by atomic mass is 32.2. The number of benzene rings is 2. The number of nitrogens with one attached hydrogen (secondary N) is 2. The van der Waals surface area contributed by atoms with Crippen molar-refractivity contribution in [2.24, 2.45) is 5.73 Å². The molecular weight excluding hydrogens is 428 g/mol. The highest BCUT2D eigenvalue weighted by molar-refractivity contribution is 7.92. The summed E-state index contributed by atoms with van der Waals surface area (Å²) in [6.45, 7) is 3.16. The highest BCUT2D eigenvalue weighted by Gasteiger charge is 2.30. The summed E-state index contributed by atoms with van der Waals surface area (Å²) in [7, 11) is -1.97. The maximum absolute atomic E-state index is 13.4. The summed E-state index contributed by atoms with van der Waals surface area (Å²) in [5.41, 5.74) is 8.20. The molecule has 0 bridgehead atoms. The first-order valence-electron chi connectivity index (χ1n) is 10.4. The Morgan fingerprint density at radius 2 is 1.97 bits per heavy atom. The fraction of sp³-hybridized carbons (Fsp3) is 0.304. The number of piperidine rings is 1. The van der Waals surface area contributed by atoms with Crippen molar-refractivity contribution < 1.29 is 17.9 Å². The van der Waals surface area contributed by atoms with Gasteiger partial charge in [0.1, 0.15) is 5.75 Å². The average molecular weight is 455 g/mol. The number of sulfone groups is 1. The second-order valence-corrected chi connectivity index (χ2v) is 10.1. The molecule has 1 aliphatic heterocycles. The lowest BCUT2D eigenvalue weighted by Gasteiger charge is -2.23. The fourth-order valence-corrected chi connectivity index (χ4v) is 5.94. The van der Waals surface area contributed by atoms with Crippen molar-refractivity contribution >= 4 is 38.0 Å². The molecule has 1 fully saturated rings. The largest absolute Gasteiger partial charge is 0.497 e. The van der Waals surface area contributed by atoms with Crippen LogP contribution in [0, 0.1) is 6.92 Å². The quantitative estimate of drug-likeness (QED) is 0.523. The second kappa shape index (κ2) is 8.76. The van der Waals surface area contributed by atoms with Gasteiger partial charge in [0.25, 0.3) is 5.91 Å². The molecule has 3 aromatic rings. The number of pyridine rings is 1. The van der Waals surface area contributed by atoms with Gasteiger partial charge in [0.15, 0.2) is 9.84 Å². The Kier molecular flexibility index (Phi) is 6.03. The zero-order chi connectivity index (χ0) is 22.9. The first kappa shape index (κ1) is 22.0. The predicted octanol–water partition coefficient (Wildman–Crippen LogP) is 2.92. The SMILES string of the molecule is COc1cccc(Nc2c(C(N)=O)cnc3c(C)cc(S(=O)(=O)C4CCNCC4)cc23)c1. The molecule has 9 heteroatoms. The maximum Gasteiger partial charge on any atom is 0.252 e. The molecule has 0 radical (unpaired) electrons. The van der Waals surface area contributed by atoms with Crippen molar-refractivity contribution in [3.63, 3.8) is 0 Å². The first-order valence-corrected chi connectivity index (χ1v) is 11.9. The number of carbonyl (C=O) groups excluding carboxylic acids is 1. The van der Waals surface area contributed by atoms with E-state index in [0.29, 0.717) is 59.5 Å². The molecule has 2 aromatic carbocycles. The van der Waals surface area contributed by atoms with Crippen LogP contribution in [0.3, 0.4) is 0 Å². The third-order valence-corrected chi connectivity index (χ3v) is 8.04. The summed E-state index contributed by atoms with van der Waals surface area (Å²) in [4.78, 5) is 16.8. The van der Waals surface area contributed by atoms with Gasteiger partial charge < -0.3 is 21.1 Å². The summed E-state index contributed by atoms with van der Waals surface area (Å²) in [6, 6.07) is 10.5. The molecule has 1 saturated heterocycles. The van der Waals surface area contributed by atoms with E-state index >= 15 is 0 Å². The minimum atomic E-state index is -3.54. The number of ether oxygens (including phenoxy) is 1. The number of nitrogens with zero attached hydrogens (tertiary/aromatic N) is 1. The number of amides is 1. The lowest BCUT2D eigenvalue weighted by Crippen LogP contribution is -2.35. The molecule has 1 aliphatic rings. The molecule has 1 amide bonds. The van der Waals surface area contributed by atoms with Crippen molar-refractivity contribution in [1.82, 2.24) is 10.3 Å². The van der Waals surface area contributed by atoms with E-state index < -0.39 is 21.0 Å². The number of rotatable bonds is 6. The van der Waals surface area contributed by atoms with Crippen molar-refractivity contribution in [3.8, 4) is 5.75 Å². The third-order valence-electron chi connectivity index (χ3n) is 5.79. The van der Waals surface area contributed by atoms with Crippen LogP contribution < -0.4 is 21.1 Å². The Morgan fingerprint density at radius 1 is 1.22 bits per heavy atom. The van der Waals surface area contributed by atoms with Crippen LogP contribution in [0.4, 0.5) is 11.4 Å². The normalized spacial score (nSPS) is 14.9. The molecule has 0 spiro atoms. The maximum atomic E-state index is 13.4. The number of carbonyl (C=O) groups is 1. The van der Waals surface area contributed by atoms with Gasteiger partial charge in [-0.15, -0.1) is 0 Å². The van der Waals surface area contributed by atoms with Gasteiger partial charge in [0.2, 0.25) is 0 Å². The number of anilines is 2. The zero-order valence-electron chi connectivity index (χ0n) is 18.0. The predicted molar refractivity (Wildman–Crippen MR) is 124 cm³/mol. The number of aromatic nitrogens is 1. The Bertz CT molecular complexity index is 1280. The Morgan fingerprint density at radius 3 is 2.66 bits per heavy atom. The number of hydrogen-bond acceptors (Lipinski definition) is 7. The Balaban J connectivity index is 1.90. The minimum absolute atomic E-state index is 0.177. The van der Waals surface area contributed by atoms with Crippen molar-refractivity contribution in [1.29, 1.82) is 0 Å². The Labute approximate surface area is 187 Å². The lowest BCUT2D eigenvalue weighted by atomic mass is 10.1. The van der Waals surface area contributed by atoms with Crippen LogP contribution in [-0.2, 0) is 9.84 Å². The second-order valence-electron chi connectivity index (χ2n) is 7.90. The molecule has 4 N–H and O–H groups in total. The van der Waals surface area contributed by atoms with Gasteiger partial charge in [-0.05, 0) is 62.7 Å². The van der Waals surface area contributed by atoms with Crippen molar-refractivity contribution in [3.05, 3.63) is 53.7 Å². The van der Waals surface area contributed by atoms with Crippen LogP contribution in [-0.4, -0.2) is 44.8 Å². The number of aryl methyl sites for hydroxylation is 1. The summed E-state index contributed by atoms with van der Waals surface area (Å²) >= 11 is 0. The smallest absolute Gasteiger partial charge is 0.252 e. The number of fused-ring (bicyclic) bond motifs is 1. The van der Waals surface area contributed by atoms with Gasteiger partial charge in [-0.1, -0.05) is 6.07 Å². The van der Waals surface area contributed by atoms with Crippen LogP contribution >= 0.6 is 0 Å². The fourth-order valence-electron chi connectivity index (χ4n) is 4.08. The molecule has 32 heavy (non-hydrogen) atoms. The molecule has 0 aliphatic carbocycles. The van der Waals surface area contributed by atoms with Gasteiger partial charge in [-0.25, -0.2) is 8.42 Å². The summed E-state index contributed by atoms with van der Waals surface area (Å²) in [5.74, 6) is -0.0200. The number of nitrogens with two attached hydrogens (primary N) is 1. The van der Waals surface area contributed by atoms with Gasteiger partial charge in [0, 0.05) is 23.3 Å². The van der Waals surface area contributed by atoms with E-state index in [1.54, 1.807) is 31.4 Å². The van der Waals surface area contributed by atoms with Gasteiger partial charge in [0.05, 0.1) is 34.0 Å². The van der Waals surface area contributed by atoms with Crippen LogP contribution in [0.25, 0.3) is 10.9 Å². The van der Waals surface area contributed by atoms with E-state index in [4.69, 9.17) is 10.5 Å². The summed E-state index contributed by atoms with van der Waals surface area (Å²) < 4.78 is 32.0. The minimum Gasteiger partial charge on any atom is -0.497 e. The van der Waals surface area contributed by atoms with Crippen LogP contribution in [0.2, 0.25) is 0 Å². The van der Waals surface area contributed by atoms with Crippen molar-refractivity contribution in [2.45, 2.75) is 29.9 Å². The van der Waals surface area contributed by atoms with E-state index in [0.717, 1.165) is 0 Å². The lowest BCUT2D eigenvalue weighted by molar-refractivity contribution is 0.100. The van der Waals surface area contributed by atoms with Crippen molar-refractivity contribution in [2.75, 3.05) is 25.5 Å². The molecule has 4 rings (SSSR count). The van der Waals surface area contributed by atoms with Crippen LogP contribution in [0.15, 0.2) is 47.5 Å². The zero-order valence-corrected chi connectivity index (χ0v) is 18.8. The molecular formula is C23H26N4O4S. The van der Waals surface area contributed by atoms with Gasteiger partial charge in [-0.3, -0.25) is 9.78 Å². The molecule has 1 aromatic heterocycles. The highest BCUT2D eigenvalue weighted by Crippen LogP contribution is 2.35. The van der Waals surface area contributed by atoms with E-state index in [1.807, 2.05) is 19.1 Å². The van der Waals surface area contributed by atoms with Crippen LogP contribution in [0.1, 0.15) is 28.8 Å². The van der Waals surface area contributed by atoms with Crippen LogP contribution in [0.5, 0.6) is 5.75 Å². The average Bonchev–Trinajstić information content (AvgIpc) is 2.79. The van der Waals surface area contributed by atoms with Gasteiger partial charge >= 0.3 is 0 Å². The number of primary amides is 1. The topological polar surface area (TPSA) is 123 Å². The van der Waals surface area contributed by atoms with E-state index in [9.17, 15) is 13.2 Å². The molecule has 0 saturated carbocycles. The molecule has 168 valence electrons. The molecule has 8 nitrogen and oxygen atoms in total. The summed E-state index contributed by atoms with van der Waals surface area (Å²) in [6.07, 6.45) is 2.54. The Hall–Kier alpha value is -3.17. The molecule has 0 atom stereocenters. The third kappa shape index (κ3) is 4.13. The monoisotopic (exact) mass is 454 g/mol. The number of hydrogen-bond donors (Lipinski definition) is 3. The first-order chi connectivity index (χ1) is 15.3. The van der Waals surface area contributed by atoms with E-state index in [2.05, 4.69) is 15.6 Å². The number of methoxy groups -OCH3 is 1. The molecule has 2 heterocycles. The standard InChI is InChI=1S/C23H26N4O4S/c1-14-10-18(32(29,30)17-6-8-25-9-7-17)12-19-21(14)26-13-20(23(24)28)22(19)27-15-4-3-5-16(11-15)31-2/h3-5,10-13,17,25H,6-9H2,1-2H3,(H2,24,28)(H,26,27). The molecule has 0 unspecified atom stereocenters. The summed E-state index contributed by atoms with van der Waals surface area (Å²) in [5, 5.41) is 6.51. The van der Waals surface area contributed by atoms with E-state index in [-0.39, 0.29) is 10.5 Å². The van der Waals surface area contributed by atoms with E-state index in [1.165, 1.54) is 6.20 Å².